The number of ether oxygens (including phenoxy) is 1. The van der Waals surface area contributed by atoms with Gasteiger partial charge >= 0.3 is 0 Å². The van der Waals surface area contributed by atoms with Gasteiger partial charge in [0.1, 0.15) is 12.3 Å². The Morgan fingerprint density at radius 2 is 1.93 bits per heavy atom. The van der Waals surface area contributed by atoms with Gasteiger partial charge in [0.05, 0.1) is 18.7 Å². The zero-order chi connectivity index (χ0) is 19.7. The van der Waals surface area contributed by atoms with Crippen molar-refractivity contribution in [3.63, 3.8) is 0 Å². The van der Waals surface area contributed by atoms with Crippen LogP contribution in [0.1, 0.15) is 34.0 Å². The second kappa shape index (κ2) is 7.78. The summed E-state index contributed by atoms with van der Waals surface area (Å²) in [5.74, 6) is 0.559. The van der Waals surface area contributed by atoms with Crippen LogP contribution in [0.4, 0.5) is 0 Å². The number of hydrogen-bond donors (Lipinski definition) is 1. The molecule has 2 aromatic rings. The molecular weight excluding hydrogens is 352 g/mol. The van der Waals surface area contributed by atoms with Gasteiger partial charge in [0.25, 0.3) is 0 Å². The molecule has 5 heteroatoms. The first-order valence-electron chi connectivity index (χ1n) is 9.95. The van der Waals surface area contributed by atoms with E-state index in [-0.39, 0.29) is 11.5 Å². The standard InChI is InChI=1S/C23H26N2O3/c1-3-24-10-12-25(13-11-24)15-19-20(26)9-8-18-22(27)21(28-23(18)19)14-17-7-5-4-6-16(17)2/h4-9,14,26H,3,10-13,15H2,1-2H3/b21-14-. The van der Waals surface area contributed by atoms with Crippen LogP contribution in [0.2, 0.25) is 0 Å². The number of fused-ring (bicyclic) bond motifs is 1. The molecule has 5 nitrogen and oxygen atoms in total. The summed E-state index contributed by atoms with van der Waals surface area (Å²) in [6.45, 7) is 9.90. The first kappa shape index (κ1) is 18.7. The van der Waals surface area contributed by atoms with Crippen LogP contribution in [0, 0.1) is 6.92 Å². The third-order valence-electron chi connectivity index (χ3n) is 5.81. The number of quaternary nitrogens is 1. The van der Waals surface area contributed by atoms with E-state index in [4.69, 9.17) is 4.74 Å². The number of Topliss-reactive ketones (excluding diaryl/α,β-unsaturated/α-hetero) is 1. The van der Waals surface area contributed by atoms with Crippen molar-refractivity contribution < 1.29 is 19.5 Å². The quantitative estimate of drug-likeness (QED) is 0.818. The van der Waals surface area contributed by atoms with Crippen molar-refractivity contribution in [1.29, 1.82) is 0 Å². The smallest absolute Gasteiger partial charge is 0.231 e. The molecule has 0 atom stereocenters. The molecule has 146 valence electrons. The van der Waals surface area contributed by atoms with Gasteiger partial charge in [-0.05, 0) is 36.7 Å². The molecule has 2 aliphatic rings. The number of carbonyl (C=O) groups excluding carboxylic acids is 1. The highest BCUT2D eigenvalue weighted by molar-refractivity contribution is 6.15. The molecular formula is C23H26N2O3. The summed E-state index contributed by atoms with van der Waals surface area (Å²) in [5, 5.41) is 12.6. The Balaban J connectivity index is 1.60. The molecule has 2 heterocycles. The molecule has 2 aromatic carbocycles. The number of nitrogens with zero attached hydrogens (tertiary/aromatic N) is 1. The van der Waals surface area contributed by atoms with E-state index >= 15 is 0 Å². The van der Waals surface area contributed by atoms with E-state index in [1.54, 1.807) is 12.1 Å². The molecule has 0 aliphatic carbocycles. The predicted octanol–water partition coefficient (Wildman–Crippen LogP) is 1.41. The third-order valence-corrected chi connectivity index (χ3v) is 5.81. The summed E-state index contributed by atoms with van der Waals surface area (Å²) in [6, 6.07) is 11.0. The van der Waals surface area contributed by atoms with Crippen LogP contribution in [0.3, 0.4) is 0 Å². The van der Waals surface area contributed by atoms with Crippen molar-refractivity contribution in [2.24, 2.45) is 0 Å². The Labute approximate surface area is 165 Å². The summed E-state index contributed by atoms with van der Waals surface area (Å²) in [4.78, 5) is 16.6. The van der Waals surface area contributed by atoms with Gasteiger partial charge in [-0.15, -0.1) is 0 Å². The van der Waals surface area contributed by atoms with E-state index in [1.807, 2.05) is 31.2 Å². The van der Waals surface area contributed by atoms with Crippen LogP contribution < -0.4 is 14.7 Å². The summed E-state index contributed by atoms with van der Waals surface area (Å²) in [5.41, 5.74) is 3.15. The molecule has 0 amide bonds. The highest BCUT2D eigenvalue weighted by atomic mass is 16.5. The highest BCUT2D eigenvalue weighted by Gasteiger charge is 2.31. The molecule has 0 bridgehead atoms. The van der Waals surface area contributed by atoms with Crippen molar-refractivity contribution in [2.75, 3.05) is 32.7 Å². The van der Waals surface area contributed by atoms with Crippen molar-refractivity contribution in [2.45, 2.75) is 20.4 Å². The summed E-state index contributed by atoms with van der Waals surface area (Å²) in [7, 11) is 0. The first-order chi connectivity index (χ1) is 13.6. The van der Waals surface area contributed by atoms with Gasteiger partial charge in [0.2, 0.25) is 5.78 Å². The number of rotatable bonds is 4. The molecule has 2 aliphatic heterocycles. The number of piperazine rings is 1. The van der Waals surface area contributed by atoms with Crippen LogP contribution in [-0.2, 0) is 6.54 Å². The molecule has 1 saturated heterocycles. The van der Waals surface area contributed by atoms with E-state index in [0.717, 1.165) is 43.9 Å². The second-order valence-corrected chi connectivity index (χ2v) is 7.58. The Morgan fingerprint density at radius 3 is 2.64 bits per heavy atom. The molecule has 1 N–H and O–H groups in total. The number of likely N-dealkylation sites (N-methyl/N-ethyl adjacent to an activating group) is 1. The normalized spacial score (nSPS) is 19.1. The average Bonchev–Trinajstić information content (AvgIpc) is 3.02. The summed E-state index contributed by atoms with van der Waals surface area (Å²) < 4.78 is 5.96. The fraction of sp³-hybridized carbons (Fsp3) is 0.348. The molecule has 0 aromatic heterocycles. The van der Waals surface area contributed by atoms with Crippen LogP contribution in [-0.4, -0.2) is 43.4 Å². The predicted molar refractivity (Wildman–Crippen MR) is 107 cm³/mol. The highest BCUT2D eigenvalue weighted by Crippen LogP contribution is 2.38. The molecule has 4 rings (SSSR count). The number of carbonyl (C=O) groups is 1. The topological polar surface area (TPSA) is 57.0 Å². The van der Waals surface area contributed by atoms with Crippen molar-refractivity contribution in [3.8, 4) is 11.5 Å². The lowest BCUT2D eigenvalue weighted by atomic mass is 10.0. The van der Waals surface area contributed by atoms with Crippen molar-refractivity contribution in [1.82, 2.24) is 4.90 Å². The van der Waals surface area contributed by atoms with Crippen molar-refractivity contribution in [3.05, 3.63) is 64.4 Å². The third kappa shape index (κ3) is 3.55. The van der Waals surface area contributed by atoms with Gasteiger partial charge in [-0.25, -0.2) is 0 Å². The average molecular weight is 378 g/mol. The molecule has 0 spiro atoms. The maximum Gasteiger partial charge on any atom is 0.231 e. The number of aryl methyl sites for hydroxylation is 1. The summed E-state index contributed by atoms with van der Waals surface area (Å²) >= 11 is 0. The Bertz CT molecular complexity index is 927. The Kier molecular flexibility index (Phi) is 5.20. The van der Waals surface area contributed by atoms with E-state index < -0.39 is 0 Å². The van der Waals surface area contributed by atoms with Crippen LogP contribution >= 0.6 is 0 Å². The van der Waals surface area contributed by atoms with Crippen LogP contribution in [0.25, 0.3) is 6.08 Å². The Morgan fingerprint density at radius 1 is 1.18 bits per heavy atom. The first-order valence-corrected chi connectivity index (χ1v) is 9.95. The molecule has 0 unspecified atom stereocenters. The number of nitrogens with one attached hydrogen (secondary N) is 1. The largest absolute Gasteiger partial charge is 0.872 e. The number of ketones is 1. The van der Waals surface area contributed by atoms with Gasteiger partial charge in [0.15, 0.2) is 5.76 Å². The van der Waals surface area contributed by atoms with Gasteiger partial charge in [-0.3, -0.25) is 9.69 Å². The number of benzene rings is 2. The minimum Gasteiger partial charge on any atom is -0.872 e. The lowest BCUT2D eigenvalue weighted by Gasteiger charge is -2.32. The fourth-order valence-electron chi connectivity index (χ4n) is 3.96. The minimum absolute atomic E-state index is 0.0471. The second-order valence-electron chi connectivity index (χ2n) is 7.58. The fourth-order valence-corrected chi connectivity index (χ4v) is 3.96. The SMILES string of the molecule is CCN1CC[NH+](Cc2c([O-])ccc3c2O/C(=C\c2ccccc2C)C3=O)CC1. The van der Waals surface area contributed by atoms with E-state index in [2.05, 4.69) is 11.8 Å². The zero-order valence-electron chi connectivity index (χ0n) is 16.5. The van der Waals surface area contributed by atoms with E-state index in [0.29, 0.717) is 29.2 Å². The minimum atomic E-state index is -0.148. The van der Waals surface area contributed by atoms with E-state index in [1.165, 1.54) is 11.0 Å². The molecule has 28 heavy (non-hydrogen) atoms. The van der Waals surface area contributed by atoms with Gasteiger partial charge in [-0.1, -0.05) is 43.0 Å². The van der Waals surface area contributed by atoms with Crippen LogP contribution in [0.5, 0.6) is 11.5 Å². The van der Waals surface area contributed by atoms with Crippen molar-refractivity contribution >= 4 is 11.9 Å². The molecule has 0 radical (unpaired) electrons. The van der Waals surface area contributed by atoms with Crippen LogP contribution in [0.15, 0.2) is 42.2 Å². The molecule has 1 fully saturated rings. The zero-order valence-corrected chi connectivity index (χ0v) is 16.5. The maximum absolute atomic E-state index is 12.8. The van der Waals surface area contributed by atoms with Gasteiger partial charge in [0, 0.05) is 18.7 Å². The van der Waals surface area contributed by atoms with E-state index in [9.17, 15) is 9.90 Å². The van der Waals surface area contributed by atoms with Gasteiger partial charge in [-0.2, -0.15) is 0 Å². The number of hydrogen-bond acceptors (Lipinski definition) is 4. The lowest BCUT2D eigenvalue weighted by Crippen LogP contribution is -3.13. The summed E-state index contributed by atoms with van der Waals surface area (Å²) in [6.07, 6.45) is 1.78. The van der Waals surface area contributed by atoms with Gasteiger partial charge < -0.3 is 14.7 Å². The maximum atomic E-state index is 12.8. The number of allylic oxidation sites excluding steroid dienone is 1. The lowest BCUT2D eigenvalue weighted by molar-refractivity contribution is -0.918. The Hall–Kier alpha value is -2.63. The monoisotopic (exact) mass is 378 g/mol. The molecule has 0 saturated carbocycles.